The van der Waals surface area contributed by atoms with Crippen molar-refractivity contribution >= 4 is 54.3 Å². The van der Waals surface area contributed by atoms with E-state index in [1.165, 1.54) is 7.11 Å². The molecule has 0 saturated carbocycles. The van der Waals surface area contributed by atoms with Gasteiger partial charge in [-0.2, -0.15) is 0 Å². The summed E-state index contributed by atoms with van der Waals surface area (Å²) in [6.45, 7) is 0. The molecule has 0 radical (unpaired) electrons. The summed E-state index contributed by atoms with van der Waals surface area (Å²) in [5.74, 6) is 3.00. The number of esters is 1. The van der Waals surface area contributed by atoms with Gasteiger partial charge in [0.2, 0.25) is 0 Å². The monoisotopic (exact) mass is 444 g/mol. The first kappa shape index (κ1) is 25.2. The van der Waals surface area contributed by atoms with Crippen molar-refractivity contribution in [3.63, 3.8) is 0 Å². The molecule has 0 aliphatic carbocycles. The molecule has 0 heterocycles. The van der Waals surface area contributed by atoms with Crippen LogP contribution < -0.4 is 11.5 Å². The van der Waals surface area contributed by atoms with Crippen molar-refractivity contribution in [3.05, 3.63) is 0 Å². The molecule has 0 bridgehead atoms. The first-order chi connectivity index (χ1) is 8.90. The van der Waals surface area contributed by atoms with E-state index in [1.54, 1.807) is 0 Å². The zero-order valence-electron chi connectivity index (χ0n) is 12.0. The van der Waals surface area contributed by atoms with Crippen molar-refractivity contribution in [1.82, 2.24) is 0 Å². The molecule has 6 nitrogen and oxygen atoms in total. The number of halogens is 1. The molecular weight excluding hydrogens is 418 g/mol. The van der Waals surface area contributed by atoms with Crippen LogP contribution in [-0.4, -0.2) is 66.2 Å². The maximum atomic E-state index is 10.7. The maximum absolute atomic E-state index is 10.7. The summed E-state index contributed by atoms with van der Waals surface area (Å²) in [5.41, 5.74) is 10.7. The van der Waals surface area contributed by atoms with E-state index >= 15 is 0 Å². The summed E-state index contributed by atoms with van der Waals surface area (Å²) in [7, 11) is 1.36. The second-order valence-corrected chi connectivity index (χ2v) is 7.77. The number of ether oxygens (including phenoxy) is 1. The zero-order valence-corrected chi connectivity index (χ0v) is 16.3. The fourth-order valence-corrected chi connectivity index (χ4v) is 2.94. The predicted octanol–water partition coefficient (Wildman–Crippen LogP) is 0.428. The summed E-state index contributed by atoms with van der Waals surface area (Å²) in [5, 5.41) is 10.3. The molecular formula is C11H25ClN2O4Se2. The van der Waals surface area contributed by atoms with Gasteiger partial charge in [-0.25, -0.2) is 0 Å². The third-order valence-corrected chi connectivity index (χ3v) is 4.79. The van der Waals surface area contributed by atoms with Gasteiger partial charge in [0.15, 0.2) is 0 Å². The number of carbonyl (C=O) groups excluding carboxylic acids is 1. The molecule has 0 rings (SSSR count). The Hall–Kier alpha value is 0.189. The molecule has 0 saturated heterocycles. The first-order valence-corrected chi connectivity index (χ1v) is 11.5. The van der Waals surface area contributed by atoms with Crippen LogP contribution >= 0.6 is 12.4 Å². The van der Waals surface area contributed by atoms with Crippen molar-refractivity contribution < 1.29 is 19.4 Å². The summed E-state index contributed by atoms with van der Waals surface area (Å²) in [6, 6.07) is -1.06. The summed E-state index contributed by atoms with van der Waals surface area (Å²) >= 11 is 1.15. The number of hydrogen-bond acceptors (Lipinski definition) is 5. The molecule has 0 aromatic rings. The quantitative estimate of drug-likeness (QED) is 0.371. The number of hydrogen-bond donors (Lipinski definition) is 3. The largest absolute Gasteiger partial charge is 0.147 e. The van der Waals surface area contributed by atoms with Gasteiger partial charge in [0.25, 0.3) is 0 Å². The van der Waals surface area contributed by atoms with Crippen LogP contribution in [0, 0.1) is 0 Å². The van der Waals surface area contributed by atoms with Gasteiger partial charge < -0.3 is 0 Å². The average Bonchev–Trinajstić information content (AvgIpc) is 2.41. The third kappa shape index (κ3) is 16.2. The Kier molecular flexibility index (Phi) is 21.7. The number of carboxylic acids is 1. The Bertz CT molecular complexity index is 261. The van der Waals surface area contributed by atoms with Crippen LogP contribution in [0.15, 0.2) is 0 Å². The number of carboxylic acid groups (broad SMARTS) is 1. The molecule has 0 fully saturated rings. The summed E-state index contributed by atoms with van der Waals surface area (Å²) in [6.07, 6.45) is 1.37. The van der Waals surface area contributed by atoms with Crippen molar-refractivity contribution in [3.8, 4) is 0 Å². The smallest absolute Gasteiger partial charge is 0.147 e. The van der Waals surface area contributed by atoms with Crippen LogP contribution in [0.4, 0.5) is 0 Å². The van der Waals surface area contributed by atoms with Crippen molar-refractivity contribution in [2.24, 2.45) is 11.5 Å². The fourth-order valence-electron chi connectivity index (χ4n) is 0.882. The Labute approximate surface area is 139 Å². The number of nitrogens with two attached hydrogens (primary N) is 2. The number of aliphatic carboxylic acids is 1. The van der Waals surface area contributed by atoms with Gasteiger partial charge in [-0.3, -0.25) is 0 Å². The van der Waals surface area contributed by atoms with E-state index in [0.717, 1.165) is 17.1 Å². The molecule has 0 spiro atoms. The van der Waals surface area contributed by atoms with Crippen LogP contribution in [0.1, 0.15) is 12.8 Å². The normalized spacial score (nSPS) is 12.2. The van der Waals surface area contributed by atoms with Gasteiger partial charge in [-0.15, -0.1) is 12.4 Å². The van der Waals surface area contributed by atoms with Crippen LogP contribution in [0.2, 0.25) is 22.3 Å². The molecule has 0 amide bonds. The second kappa shape index (κ2) is 17.2. The molecule has 0 aromatic heterocycles. The Morgan fingerprint density at radius 1 is 1.10 bits per heavy atom. The molecule has 20 heavy (non-hydrogen) atoms. The van der Waals surface area contributed by atoms with Gasteiger partial charge in [0.1, 0.15) is 0 Å². The number of methoxy groups -OCH3 is 1. The van der Waals surface area contributed by atoms with Crippen LogP contribution in [0.3, 0.4) is 0 Å². The van der Waals surface area contributed by atoms with Crippen molar-refractivity contribution in [2.75, 3.05) is 7.11 Å². The minimum Gasteiger partial charge on any atom is -0.147 e. The Balaban J connectivity index is -0.000000277. The first-order valence-electron chi connectivity index (χ1n) is 5.70. The van der Waals surface area contributed by atoms with Crippen LogP contribution in [-0.2, 0) is 14.3 Å². The van der Waals surface area contributed by atoms with E-state index in [0.29, 0.717) is 36.3 Å². The van der Waals surface area contributed by atoms with Crippen molar-refractivity contribution in [2.45, 2.75) is 47.2 Å². The Morgan fingerprint density at radius 2 is 1.50 bits per heavy atom. The molecule has 0 unspecified atom stereocenters. The van der Waals surface area contributed by atoms with E-state index in [9.17, 15) is 9.59 Å². The topological polar surface area (TPSA) is 116 Å². The molecule has 0 aliphatic rings. The van der Waals surface area contributed by atoms with E-state index in [-0.39, 0.29) is 18.4 Å². The standard InChI is InChI=1S/C6H13NO2Se.C5H11NO2Se.ClH/c1-9-6(8)5(7)3-4-10-2;1-9-3-2-4(6)5(7)8;/h5H,3-4,7H2,1-2H3;4H,2-3,6H2,1H3,(H,7,8);1H/t5-;4-;/m00./s1. The van der Waals surface area contributed by atoms with Gasteiger partial charge in [0.05, 0.1) is 0 Å². The van der Waals surface area contributed by atoms with Gasteiger partial charge in [0, 0.05) is 0 Å². The molecule has 0 aromatic carbocycles. The van der Waals surface area contributed by atoms with E-state index in [2.05, 4.69) is 16.4 Å². The molecule has 5 N–H and O–H groups in total. The van der Waals surface area contributed by atoms with Gasteiger partial charge in [-0.05, 0) is 0 Å². The average molecular weight is 443 g/mol. The van der Waals surface area contributed by atoms with Gasteiger partial charge in [-0.1, -0.05) is 0 Å². The molecule has 9 heteroatoms. The van der Waals surface area contributed by atoms with Crippen LogP contribution in [0.25, 0.3) is 0 Å². The number of carbonyl (C=O) groups is 2. The zero-order chi connectivity index (χ0) is 15.3. The van der Waals surface area contributed by atoms with Crippen molar-refractivity contribution in [1.29, 1.82) is 0 Å². The molecule has 122 valence electrons. The second-order valence-electron chi connectivity index (χ2n) is 3.64. The molecule has 0 aliphatic heterocycles. The van der Waals surface area contributed by atoms with Gasteiger partial charge >= 0.3 is 127 Å². The van der Waals surface area contributed by atoms with Crippen LogP contribution in [0.5, 0.6) is 0 Å². The van der Waals surface area contributed by atoms with E-state index in [1.807, 2.05) is 0 Å². The number of rotatable bonds is 8. The third-order valence-electron chi connectivity index (χ3n) is 2.09. The predicted molar refractivity (Wildman–Crippen MR) is 84.9 cm³/mol. The Morgan fingerprint density at radius 3 is 1.80 bits per heavy atom. The van der Waals surface area contributed by atoms with E-state index < -0.39 is 18.1 Å². The summed E-state index contributed by atoms with van der Waals surface area (Å²) < 4.78 is 4.45. The minimum atomic E-state index is -0.890. The molecule has 2 atom stereocenters. The summed E-state index contributed by atoms with van der Waals surface area (Å²) in [4.78, 5) is 20.8. The minimum absolute atomic E-state index is 0. The van der Waals surface area contributed by atoms with E-state index in [4.69, 9.17) is 16.6 Å². The SMILES string of the molecule is COC(=O)[C@@H](N)CC[Se]C.C[Se]CC[C@H](N)C(=O)O.Cl. The maximum Gasteiger partial charge on any atom is -0.147 e. The fraction of sp³-hybridized carbons (Fsp3) is 0.818.